The van der Waals surface area contributed by atoms with Gasteiger partial charge in [0.05, 0.1) is 12.5 Å². The summed E-state index contributed by atoms with van der Waals surface area (Å²) in [5, 5.41) is 8.94. The summed E-state index contributed by atoms with van der Waals surface area (Å²) in [6.07, 6.45) is 1.59. The first-order valence-corrected chi connectivity index (χ1v) is 7.68. The highest BCUT2D eigenvalue weighted by atomic mass is 35.5. The Morgan fingerprint density at radius 2 is 2.04 bits per heavy atom. The molecule has 1 aromatic rings. The summed E-state index contributed by atoms with van der Waals surface area (Å²) in [4.78, 5) is 24.5. The zero-order valence-corrected chi connectivity index (χ0v) is 14.4. The van der Waals surface area contributed by atoms with Crippen LogP contribution in [0.1, 0.15) is 30.4 Å². The van der Waals surface area contributed by atoms with Gasteiger partial charge < -0.3 is 14.7 Å². The van der Waals surface area contributed by atoms with E-state index in [1.54, 1.807) is 4.90 Å². The maximum absolute atomic E-state index is 12.0. The van der Waals surface area contributed by atoms with E-state index >= 15 is 0 Å². The van der Waals surface area contributed by atoms with Gasteiger partial charge in [0.25, 0.3) is 0 Å². The maximum atomic E-state index is 12.0. The average Bonchev–Trinajstić information content (AvgIpc) is 2.97. The molecule has 0 aliphatic carbocycles. The fourth-order valence-corrected chi connectivity index (χ4v) is 2.56. The van der Waals surface area contributed by atoms with Gasteiger partial charge in [-0.05, 0) is 49.9 Å². The van der Waals surface area contributed by atoms with Crippen molar-refractivity contribution < 1.29 is 19.4 Å². The molecule has 6 heteroatoms. The van der Waals surface area contributed by atoms with Crippen molar-refractivity contribution in [2.24, 2.45) is 5.92 Å². The lowest BCUT2D eigenvalue weighted by Crippen LogP contribution is -2.30. The summed E-state index contributed by atoms with van der Waals surface area (Å²) in [6, 6.07) is 5.95. The van der Waals surface area contributed by atoms with Gasteiger partial charge in [0.15, 0.2) is 0 Å². The molecule has 1 N–H and O–H groups in total. The Kier molecular flexibility index (Phi) is 7.36. The predicted octanol–water partition coefficient (Wildman–Crippen LogP) is 2.82. The third-order valence-electron chi connectivity index (χ3n) is 4.17. The lowest BCUT2D eigenvalue weighted by atomic mass is 10.1. The molecule has 1 atom stereocenters. The van der Waals surface area contributed by atoms with Crippen molar-refractivity contribution in [1.82, 2.24) is 4.90 Å². The van der Waals surface area contributed by atoms with Crippen LogP contribution in [0.3, 0.4) is 0 Å². The molecule has 0 bridgehead atoms. The summed E-state index contributed by atoms with van der Waals surface area (Å²) < 4.78 is 5.65. The van der Waals surface area contributed by atoms with E-state index in [4.69, 9.17) is 9.84 Å². The molecule has 1 amide bonds. The highest BCUT2D eigenvalue weighted by Crippen LogP contribution is 2.19. The number of likely N-dealkylation sites (tertiary alicyclic amines) is 1. The quantitative estimate of drug-likeness (QED) is 0.808. The fourth-order valence-electron chi connectivity index (χ4n) is 2.56. The Labute approximate surface area is 143 Å². The molecule has 23 heavy (non-hydrogen) atoms. The van der Waals surface area contributed by atoms with Gasteiger partial charge in [-0.1, -0.05) is 6.07 Å². The minimum Gasteiger partial charge on any atom is -0.494 e. The summed E-state index contributed by atoms with van der Waals surface area (Å²) in [5.41, 5.74) is 2.41. The summed E-state index contributed by atoms with van der Waals surface area (Å²) in [6.45, 7) is 5.47. The first-order valence-electron chi connectivity index (χ1n) is 7.68. The molecule has 5 nitrogen and oxygen atoms in total. The minimum absolute atomic E-state index is 0. The van der Waals surface area contributed by atoms with Crippen molar-refractivity contribution in [3.63, 3.8) is 0 Å². The van der Waals surface area contributed by atoms with Gasteiger partial charge in [-0.3, -0.25) is 9.59 Å². The van der Waals surface area contributed by atoms with Crippen LogP contribution < -0.4 is 4.74 Å². The van der Waals surface area contributed by atoms with Crippen LogP contribution in [0.15, 0.2) is 18.2 Å². The van der Waals surface area contributed by atoms with Crippen LogP contribution in [-0.2, 0) is 9.59 Å². The zero-order chi connectivity index (χ0) is 16.1. The molecule has 1 fully saturated rings. The molecule has 0 saturated carbocycles. The number of rotatable bonds is 6. The highest BCUT2D eigenvalue weighted by molar-refractivity contribution is 5.85. The van der Waals surface area contributed by atoms with E-state index < -0.39 is 11.9 Å². The van der Waals surface area contributed by atoms with Crippen LogP contribution >= 0.6 is 12.4 Å². The number of carbonyl (C=O) groups is 2. The van der Waals surface area contributed by atoms with Gasteiger partial charge in [0, 0.05) is 19.5 Å². The van der Waals surface area contributed by atoms with Crippen molar-refractivity contribution >= 4 is 24.3 Å². The van der Waals surface area contributed by atoms with Crippen molar-refractivity contribution in [3.8, 4) is 5.75 Å². The van der Waals surface area contributed by atoms with Crippen LogP contribution in [0, 0.1) is 19.8 Å². The van der Waals surface area contributed by atoms with E-state index in [1.807, 2.05) is 25.1 Å². The standard InChI is InChI=1S/C17H23NO4.ClH/c1-12-5-6-15(10-13(12)2)22-9-3-4-16(19)18-8-7-14(11-18)17(20)21;/h5-6,10,14H,3-4,7-9,11H2,1-2H3,(H,20,21);1H. The molecule has 1 heterocycles. The van der Waals surface area contributed by atoms with Gasteiger partial charge >= 0.3 is 5.97 Å². The van der Waals surface area contributed by atoms with E-state index in [2.05, 4.69) is 6.92 Å². The normalized spacial score (nSPS) is 16.8. The topological polar surface area (TPSA) is 66.8 Å². The Hall–Kier alpha value is -1.75. The SMILES string of the molecule is Cc1ccc(OCCCC(=O)N2CCC(C(=O)O)C2)cc1C.Cl. The van der Waals surface area contributed by atoms with Crippen LogP contribution in [0.2, 0.25) is 0 Å². The number of hydrogen-bond acceptors (Lipinski definition) is 3. The molecular formula is C17H24ClNO4. The van der Waals surface area contributed by atoms with Crippen molar-refractivity contribution in [2.75, 3.05) is 19.7 Å². The number of hydrogen-bond donors (Lipinski definition) is 1. The third-order valence-corrected chi connectivity index (χ3v) is 4.17. The number of aryl methyl sites for hydroxylation is 2. The molecule has 1 aliphatic rings. The second-order valence-electron chi connectivity index (χ2n) is 5.86. The molecule has 1 saturated heterocycles. The molecule has 0 aromatic heterocycles. The van der Waals surface area contributed by atoms with Crippen molar-refractivity contribution in [1.29, 1.82) is 0 Å². The molecule has 0 spiro atoms. The molecule has 1 aromatic carbocycles. The van der Waals surface area contributed by atoms with Gasteiger partial charge in [-0.25, -0.2) is 0 Å². The number of carboxylic acids is 1. The number of amides is 1. The molecular weight excluding hydrogens is 318 g/mol. The number of aliphatic carboxylic acids is 1. The maximum Gasteiger partial charge on any atom is 0.308 e. The zero-order valence-electron chi connectivity index (χ0n) is 13.6. The predicted molar refractivity (Wildman–Crippen MR) is 90.2 cm³/mol. The second-order valence-corrected chi connectivity index (χ2v) is 5.86. The number of halogens is 1. The number of benzene rings is 1. The van der Waals surface area contributed by atoms with E-state index in [1.165, 1.54) is 11.1 Å². The molecule has 0 radical (unpaired) electrons. The highest BCUT2D eigenvalue weighted by Gasteiger charge is 2.30. The van der Waals surface area contributed by atoms with Crippen LogP contribution in [0.5, 0.6) is 5.75 Å². The number of carbonyl (C=O) groups excluding carboxylic acids is 1. The second kappa shape index (κ2) is 8.77. The lowest BCUT2D eigenvalue weighted by Gasteiger charge is -2.15. The Morgan fingerprint density at radius 1 is 1.30 bits per heavy atom. The molecule has 1 aliphatic heterocycles. The van der Waals surface area contributed by atoms with E-state index in [0.717, 1.165) is 5.75 Å². The first-order chi connectivity index (χ1) is 10.5. The minimum atomic E-state index is -0.812. The summed E-state index contributed by atoms with van der Waals surface area (Å²) in [5.74, 6) is -0.376. The van der Waals surface area contributed by atoms with Gasteiger partial charge in [-0.15, -0.1) is 12.4 Å². The number of ether oxygens (including phenoxy) is 1. The molecule has 128 valence electrons. The number of nitrogens with zero attached hydrogens (tertiary/aromatic N) is 1. The fraction of sp³-hybridized carbons (Fsp3) is 0.529. The van der Waals surface area contributed by atoms with Crippen molar-refractivity contribution in [2.45, 2.75) is 33.1 Å². The average molecular weight is 342 g/mol. The molecule has 2 rings (SSSR count). The van der Waals surface area contributed by atoms with Crippen LogP contribution in [0.25, 0.3) is 0 Å². The van der Waals surface area contributed by atoms with Crippen LogP contribution in [-0.4, -0.2) is 41.6 Å². The monoisotopic (exact) mass is 341 g/mol. The first kappa shape index (κ1) is 19.3. The molecule has 1 unspecified atom stereocenters. The van der Waals surface area contributed by atoms with Gasteiger partial charge in [0.1, 0.15) is 5.75 Å². The van der Waals surface area contributed by atoms with Gasteiger partial charge in [-0.2, -0.15) is 0 Å². The summed E-state index contributed by atoms with van der Waals surface area (Å²) >= 11 is 0. The van der Waals surface area contributed by atoms with Crippen molar-refractivity contribution in [3.05, 3.63) is 29.3 Å². The Morgan fingerprint density at radius 3 is 2.65 bits per heavy atom. The Bertz CT molecular complexity index is 562. The van der Waals surface area contributed by atoms with Gasteiger partial charge in [0.2, 0.25) is 5.91 Å². The lowest BCUT2D eigenvalue weighted by molar-refractivity contribution is -0.141. The summed E-state index contributed by atoms with van der Waals surface area (Å²) in [7, 11) is 0. The van der Waals surface area contributed by atoms with E-state index in [0.29, 0.717) is 39.0 Å². The smallest absolute Gasteiger partial charge is 0.308 e. The van der Waals surface area contributed by atoms with E-state index in [9.17, 15) is 9.59 Å². The van der Waals surface area contributed by atoms with E-state index in [-0.39, 0.29) is 18.3 Å². The van der Waals surface area contributed by atoms with Crippen LogP contribution in [0.4, 0.5) is 0 Å². The third kappa shape index (κ3) is 5.43. The number of carboxylic acid groups (broad SMARTS) is 1. The Balaban J connectivity index is 0.00000264. The largest absolute Gasteiger partial charge is 0.494 e.